The predicted octanol–water partition coefficient (Wildman–Crippen LogP) is 4.96. The SMILES string of the molecule is Cc1nnc(-c2ccc(Cc3c(C)nn(-c4ccc(C#N)c(Cl)c4)c3C)cc2)o1. The van der Waals surface area contributed by atoms with Gasteiger partial charge >= 0.3 is 0 Å². The number of halogens is 1. The molecule has 0 saturated heterocycles. The zero-order chi connectivity index (χ0) is 20.5. The van der Waals surface area contributed by atoms with Gasteiger partial charge in [0.25, 0.3) is 0 Å². The molecule has 4 rings (SSSR count). The molecule has 29 heavy (non-hydrogen) atoms. The summed E-state index contributed by atoms with van der Waals surface area (Å²) in [6, 6.07) is 15.5. The van der Waals surface area contributed by atoms with Crippen LogP contribution in [-0.4, -0.2) is 20.0 Å². The van der Waals surface area contributed by atoms with Gasteiger partial charge in [0.05, 0.1) is 22.0 Å². The van der Waals surface area contributed by atoms with Gasteiger partial charge in [-0.1, -0.05) is 23.7 Å². The Kier molecular flexibility index (Phi) is 4.91. The van der Waals surface area contributed by atoms with Crippen LogP contribution < -0.4 is 0 Å². The normalized spacial score (nSPS) is 10.9. The number of hydrogen-bond donors (Lipinski definition) is 0. The molecule has 0 radical (unpaired) electrons. The molecule has 0 atom stereocenters. The van der Waals surface area contributed by atoms with E-state index in [2.05, 4.69) is 33.5 Å². The summed E-state index contributed by atoms with van der Waals surface area (Å²) in [5.41, 5.74) is 6.50. The fourth-order valence-electron chi connectivity index (χ4n) is 3.29. The number of nitrogens with zero attached hydrogens (tertiary/aromatic N) is 5. The Bertz CT molecular complexity index is 1230. The molecule has 0 aliphatic carbocycles. The minimum absolute atomic E-state index is 0.422. The van der Waals surface area contributed by atoms with Gasteiger partial charge in [-0.05, 0) is 49.7 Å². The van der Waals surface area contributed by atoms with Gasteiger partial charge in [0.2, 0.25) is 11.8 Å². The van der Waals surface area contributed by atoms with E-state index < -0.39 is 0 Å². The van der Waals surface area contributed by atoms with Gasteiger partial charge in [0.15, 0.2) is 0 Å². The molecule has 0 N–H and O–H groups in total. The molecule has 0 spiro atoms. The number of hydrogen-bond acceptors (Lipinski definition) is 5. The fraction of sp³-hybridized carbons (Fsp3) is 0.182. The van der Waals surface area contributed by atoms with Crippen molar-refractivity contribution in [2.24, 2.45) is 0 Å². The zero-order valence-electron chi connectivity index (χ0n) is 16.3. The summed E-state index contributed by atoms with van der Waals surface area (Å²) >= 11 is 6.19. The molecule has 4 aromatic rings. The van der Waals surface area contributed by atoms with Crippen molar-refractivity contribution in [3.05, 3.63) is 81.5 Å². The van der Waals surface area contributed by atoms with Crippen molar-refractivity contribution in [3.8, 4) is 23.2 Å². The highest BCUT2D eigenvalue weighted by Crippen LogP contribution is 2.25. The second-order valence-electron chi connectivity index (χ2n) is 6.84. The van der Waals surface area contributed by atoms with Crippen LogP contribution in [0.3, 0.4) is 0 Å². The summed E-state index contributed by atoms with van der Waals surface area (Å²) in [5.74, 6) is 1.07. The van der Waals surface area contributed by atoms with E-state index in [1.165, 1.54) is 0 Å². The van der Waals surface area contributed by atoms with E-state index in [0.717, 1.165) is 40.2 Å². The molecular formula is C22H18ClN5O. The lowest BCUT2D eigenvalue weighted by Gasteiger charge is -2.07. The maximum absolute atomic E-state index is 9.07. The Labute approximate surface area is 173 Å². The first kappa shape index (κ1) is 18.9. The Morgan fingerprint density at radius 3 is 2.45 bits per heavy atom. The van der Waals surface area contributed by atoms with Crippen LogP contribution in [0.2, 0.25) is 5.02 Å². The first-order chi connectivity index (χ1) is 14.0. The predicted molar refractivity (Wildman–Crippen MR) is 110 cm³/mol. The van der Waals surface area contributed by atoms with Crippen molar-refractivity contribution in [1.29, 1.82) is 5.26 Å². The number of benzene rings is 2. The van der Waals surface area contributed by atoms with Crippen molar-refractivity contribution in [2.45, 2.75) is 27.2 Å². The minimum atomic E-state index is 0.422. The van der Waals surface area contributed by atoms with E-state index in [1.54, 1.807) is 19.1 Å². The zero-order valence-corrected chi connectivity index (χ0v) is 17.0. The van der Waals surface area contributed by atoms with E-state index in [1.807, 2.05) is 36.7 Å². The highest BCUT2D eigenvalue weighted by molar-refractivity contribution is 6.31. The van der Waals surface area contributed by atoms with Crippen LogP contribution in [0.25, 0.3) is 17.1 Å². The average molecular weight is 404 g/mol. The molecule has 7 heteroatoms. The monoisotopic (exact) mass is 403 g/mol. The summed E-state index contributed by atoms with van der Waals surface area (Å²) < 4.78 is 7.35. The first-order valence-corrected chi connectivity index (χ1v) is 9.48. The van der Waals surface area contributed by atoms with E-state index in [-0.39, 0.29) is 0 Å². The van der Waals surface area contributed by atoms with Crippen LogP contribution in [0.15, 0.2) is 46.9 Å². The topological polar surface area (TPSA) is 80.5 Å². The molecule has 0 aliphatic heterocycles. The Balaban J connectivity index is 1.62. The highest BCUT2D eigenvalue weighted by Gasteiger charge is 2.15. The van der Waals surface area contributed by atoms with E-state index in [0.29, 0.717) is 22.4 Å². The van der Waals surface area contributed by atoms with Crippen molar-refractivity contribution >= 4 is 11.6 Å². The smallest absolute Gasteiger partial charge is 0.247 e. The third-order valence-electron chi connectivity index (χ3n) is 4.87. The van der Waals surface area contributed by atoms with Crippen LogP contribution >= 0.6 is 11.6 Å². The molecule has 0 unspecified atom stereocenters. The molecule has 0 bridgehead atoms. The minimum Gasteiger partial charge on any atom is -0.421 e. The third-order valence-corrected chi connectivity index (χ3v) is 5.18. The lowest BCUT2D eigenvalue weighted by atomic mass is 10.0. The summed E-state index contributed by atoms with van der Waals surface area (Å²) in [4.78, 5) is 0. The number of rotatable bonds is 4. The second kappa shape index (κ2) is 7.53. The molecule has 0 saturated carbocycles. The van der Waals surface area contributed by atoms with Crippen molar-refractivity contribution < 1.29 is 4.42 Å². The number of aromatic nitrogens is 4. The average Bonchev–Trinajstić information content (AvgIpc) is 3.27. The van der Waals surface area contributed by atoms with Gasteiger partial charge in [-0.15, -0.1) is 10.2 Å². The van der Waals surface area contributed by atoms with E-state index in [4.69, 9.17) is 21.3 Å². The summed E-state index contributed by atoms with van der Waals surface area (Å²) in [6.45, 7) is 5.81. The first-order valence-electron chi connectivity index (χ1n) is 9.11. The Morgan fingerprint density at radius 2 is 1.83 bits per heavy atom. The Morgan fingerprint density at radius 1 is 1.07 bits per heavy atom. The molecule has 144 valence electrons. The van der Waals surface area contributed by atoms with Crippen LogP contribution in [0.5, 0.6) is 0 Å². The number of aryl methyl sites for hydroxylation is 2. The second-order valence-corrected chi connectivity index (χ2v) is 7.24. The van der Waals surface area contributed by atoms with Crippen molar-refractivity contribution in [3.63, 3.8) is 0 Å². The van der Waals surface area contributed by atoms with Gasteiger partial charge in [-0.25, -0.2) is 4.68 Å². The summed E-state index contributed by atoms with van der Waals surface area (Å²) in [6.07, 6.45) is 0.755. The lowest BCUT2D eigenvalue weighted by Crippen LogP contribution is -2.00. The summed E-state index contributed by atoms with van der Waals surface area (Å²) in [5, 5.41) is 22.1. The quantitative estimate of drug-likeness (QED) is 0.480. The Hall–Kier alpha value is -3.43. The molecule has 2 aromatic carbocycles. The van der Waals surface area contributed by atoms with Crippen LogP contribution in [-0.2, 0) is 6.42 Å². The third kappa shape index (κ3) is 3.65. The largest absolute Gasteiger partial charge is 0.421 e. The van der Waals surface area contributed by atoms with E-state index in [9.17, 15) is 0 Å². The molecular weight excluding hydrogens is 386 g/mol. The van der Waals surface area contributed by atoms with Gasteiger partial charge in [0.1, 0.15) is 6.07 Å². The maximum atomic E-state index is 9.07. The highest BCUT2D eigenvalue weighted by atomic mass is 35.5. The van der Waals surface area contributed by atoms with Gasteiger partial charge < -0.3 is 4.42 Å². The fourth-order valence-corrected chi connectivity index (χ4v) is 3.51. The molecule has 0 aliphatic rings. The summed E-state index contributed by atoms with van der Waals surface area (Å²) in [7, 11) is 0. The van der Waals surface area contributed by atoms with Gasteiger partial charge in [-0.2, -0.15) is 10.4 Å². The standard InChI is InChI=1S/C22H18ClN5O/c1-13-20(10-16-4-6-17(7-5-16)22-26-25-15(3)29-22)14(2)28(27-13)19-9-8-18(12-24)21(23)11-19/h4-9,11H,10H2,1-3H3. The van der Waals surface area contributed by atoms with Crippen LogP contribution in [0, 0.1) is 32.1 Å². The molecule has 2 heterocycles. The molecule has 0 amide bonds. The van der Waals surface area contributed by atoms with Crippen molar-refractivity contribution in [2.75, 3.05) is 0 Å². The van der Waals surface area contributed by atoms with Gasteiger partial charge in [-0.3, -0.25) is 0 Å². The van der Waals surface area contributed by atoms with Gasteiger partial charge in [0, 0.05) is 30.2 Å². The molecule has 0 fully saturated rings. The molecule has 2 aromatic heterocycles. The van der Waals surface area contributed by atoms with Crippen molar-refractivity contribution in [1.82, 2.24) is 20.0 Å². The van der Waals surface area contributed by atoms with Crippen LogP contribution in [0.4, 0.5) is 0 Å². The molecule has 6 nitrogen and oxygen atoms in total. The number of nitriles is 1. The maximum Gasteiger partial charge on any atom is 0.247 e. The van der Waals surface area contributed by atoms with E-state index >= 15 is 0 Å². The van der Waals surface area contributed by atoms with Crippen LogP contribution in [0.1, 0.15) is 34.0 Å². The lowest BCUT2D eigenvalue weighted by molar-refractivity contribution is 0.533.